The van der Waals surface area contributed by atoms with Crippen molar-refractivity contribution in [3.05, 3.63) is 47.7 Å². The number of hydrogen-bond acceptors (Lipinski definition) is 1. The number of para-hydroxylation sites is 1. The van der Waals surface area contributed by atoms with Gasteiger partial charge in [0.25, 0.3) is 0 Å². The summed E-state index contributed by atoms with van der Waals surface area (Å²) in [6.07, 6.45) is 2.16. The molecular weight excluding hydrogens is 172 g/mol. The van der Waals surface area contributed by atoms with Crippen molar-refractivity contribution in [2.75, 3.05) is 0 Å². The van der Waals surface area contributed by atoms with Crippen molar-refractivity contribution < 1.29 is 4.74 Å². The smallest absolute Gasteiger partial charge is 0.134 e. The molecule has 0 aliphatic carbocycles. The van der Waals surface area contributed by atoms with Gasteiger partial charge in [-0.1, -0.05) is 38.6 Å². The zero-order valence-electron chi connectivity index (χ0n) is 8.58. The molecule has 72 valence electrons. The second-order valence-electron chi connectivity index (χ2n) is 3.82. The Kier molecular flexibility index (Phi) is 2.16. The Bertz CT molecular complexity index is 399. The highest BCUT2D eigenvalue weighted by molar-refractivity contribution is 5.66. The van der Waals surface area contributed by atoms with Crippen molar-refractivity contribution in [2.45, 2.75) is 13.8 Å². The zero-order chi connectivity index (χ0) is 10.1. The fourth-order valence-electron chi connectivity index (χ4n) is 1.62. The van der Waals surface area contributed by atoms with Crippen LogP contribution in [0.3, 0.4) is 0 Å². The summed E-state index contributed by atoms with van der Waals surface area (Å²) in [4.78, 5) is 0. The van der Waals surface area contributed by atoms with Crippen molar-refractivity contribution in [1.82, 2.24) is 0 Å². The predicted molar refractivity (Wildman–Crippen MR) is 59.0 cm³/mol. The van der Waals surface area contributed by atoms with E-state index in [-0.39, 0.29) is 0 Å². The third-order valence-electron chi connectivity index (χ3n) is 2.41. The zero-order valence-corrected chi connectivity index (χ0v) is 8.58. The van der Waals surface area contributed by atoms with Crippen molar-refractivity contribution in [3.63, 3.8) is 0 Å². The molecule has 1 heterocycles. The summed E-state index contributed by atoms with van der Waals surface area (Å²) in [5.41, 5.74) is 2.33. The molecule has 1 aliphatic heterocycles. The minimum absolute atomic E-state index is 0.454. The number of ether oxygens (including phenoxy) is 1. The van der Waals surface area contributed by atoms with Crippen LogP contribution in [0.15, 0.2) is 42.2 Å². The SMILES string of the molecule is C=C1Oc2ccccc2C=C1C(C)C. The van der Waals surface area contributed by atoms with Crippen LogP contribution in [0.4, 0.5) is 0 Å². The summed E-state index contributed by atoms with van der Waals surface area (Å²) < 4.78 is 5.64. The molecule has 0 amide bonds. The predicted octanol–water partition coefficient (Wildman–Crippen LogP) is 3.63. The molecule has 1 aromatic carbocycles. The van der Waals surface area contributed by atoms with Crippen molar-refractivity contribution in [3.8, 4) is 5.75 Å². The Morgan fingerprint density at radius 2 is 1.93 bits per heavy atom. The van der Waals surface area contributed by atoms with E-state index in [1.54, 1.807) is 0 Å². The first-order chi connectivity index (χ1) is 6.68. The Morgan fingerprint density at radius 3 is 2.64 bits per heavy atom. The van der Waals surface area contributed by atoms with Crippen molar-refractivity contribution in [2.24, 2.45) is 5.92 Å². The standard InChI is InChI=1S/C13H14O/c1-9(2)12-8-11-6-4-5-7-13(11)14-10(12)3/h4-9H,3H2,1-2H3. The van der Waals surface area contributed by atoms with Crippen LogP contribution in [-0.4, -0.2) is 0 Å². The molecule has 0 saturated carbocycles. The summed E-state index contributed by atoms with van der Waals surface area (Å²) in [6.45, 7) is 8.22. The Hall–Kier alpha value is -1.50. The van der Waals surface area contributed by atoms with E-state index in [4.69, 9.17) is 4.74 Å². The van der Waals surface area contributed by atoms with E-state index in [2.05, 4.69) is 32.6 Å². The highest BCUT2D eigenvalue weighted by Gasteiger charge is 2.16. The lowest BCUT2D eigenvalue weighted by Crippen LogP contribution is -2.08. The maximum absolute atomic E-state index is 5.64. The summed E-state index contributed by atoms with van der Waals surface area (Å²) in [5.74, 6) is 2.14. The molecule has 1 aromatic rings. The molecule has 0 unspecified atom stereocenters. The van der Waals surface area contributed by atoms with Gasteiger partial charge in [0.2, 0.25) is 0 Å². The van der Waals surface area contributed by atoms with Crippen LogP contribution < -0.4 is 4.74 Å². The van der Waals surface area contributed by atoms with Gasteiger partial charge in [-0.2, -0.15) is 0 Å². The van der Waals surface area contributed by atoms with Crippen LogP contribution >= 0.6 is 0 Å². The lowest BCUT2D eigenvalue weighted by Gasteiger charge is -2.21. The molecule has 1 nitrogen and oxygen atoms in total. The molecule has 0 spiro atoms. The highest BCUT2D eigenvalue weighted by Crippen LogP contribution is 2.33. The molecule has 0 bridgehead atoms. The van der Waals surface area contributed by atoms with Gasteiger partial charge in [0.05, 0.1) is 0 Å². The Labute approximate surface area is 84.7 Å². The van der Waals surface area contributed by atoms with Gasteiger partial charge in [-0.3, -0.25) is 0 Å². The molecular formula is C13H14O. The van der Waals surface area contributed by atoms with Crippen LogP contribution in [0.2, 0.25) is 0 Å². The van der Waals surface area contributed by atoms with Crippen LogP contribution in [-0.2, 0) is 0 Å². The van der Waals surface area contributed by atoms with E-state index in [1.807, 2.05) is 18.2 Å². The van der Waals surface area contributed by atoms with E-state index in [0.29, 0.717) is 5.92 Å². The number of hydrogen-bond donors (Lipinski definition) is 0. The molecule has 1 aliphatic rings. The van der Waals surface area contributed by atoms with E-state index in [0.717, 1.165) is 17.1 Å². The lowest BCUT2D eigenvalue weighted by molar-refractivity contribution is 0.421. The van der Waals surface area contributed by atoms with Gasteiger partial charge >= 0.3 is 0 Å². The largest absolute Gasteiger partial charge is 0.457 e. The number of allylic oxidation sites excluding steroid dienone is 1. The molecule has 2 rings (SSSR count). The third-order valence-corrected chi connectivity index (χ3v) is 2.41. The lowest BCUT2D eigenvalue weighted by atomic mass is 9.97. The minimum atomic E-state index is 0.454. The van der Waals surface area contributed by atoms with Crippen LogP contribution in [0.1, 0.15) is 19.4 Å². The quantitative estimate of drug-likeness (QED) is 0.650. The van der Waals surface area contributed by atoms with E-state index in [1.165, 1.54) is 5.57 Å². The van der Waals surface area contributed by atoms with E-state index < -0.39 is 0 Å². The van der Waals surface area contributed by atoms with Gasteiger partial charge in [0.15, 0.2) is 0 Å². The monoisotopic (exact) mass is 186 g/mol. The molecule has 0 aromatic heterocycles. The normalized spacial score (nSPS) is 14.8. The van der Waals surface area contributed by atoms with Gasteiger partial charge < -0.3 is 4.74 Å². The fourth-order valence-corrected chi connectivity index (χ4v) is 1.62. The van der Waals surface area contributed by atoms with E-state index in [9.17, 15) is 0 Å². The van der Waals surface area contributed by atoms with Gasteiger partial charge in [0, 0.05) is 5.56 Å². The second kappa shape index (κ2) is 3.33. The number of rotatable bonds is 1. The van der Waals surface area contributed by atoms with Crippen LogP contribution in [0.25, 0.3) is 6.08 Å². The summed E-state index contributed by atoms with van der Waals surface area (Å²) in [7, 11) is 0. The number of benzene rings is 1. The molecule has 14 heavy (non-hydrogen) atoms. The maximum Gasteiger partial charge on any atom is 0.134 e. The maximum atomic E-state index is 5.64. The second-order valence-corrected chi connectivity index (χ2v) is 3.82. The first-order valence-electron chi connectivity index (χ1n) is 4.86. The van der Waals surface area contributed by atoms with Crippen LogP contribution in [0, 0.1) is 5.92 Å². The average molecular weight is 186 g/mol. The topological polar surface area (TPSA) is 9.23 Å². The molecule has 0 saturated heterocycles. The molecule has 0 N–H and O–H groups in total. The first kappa shape index (κ1) is 9.07. The summed E-state index contributed by atoms with van der Waals surface area (Å²) in [6, 6.07) is 8.02. The number of fused-ring (bicyclic) bond motifs is 1. The van der Waals surface area contributed by atoms with Gasteiger partial charge in [-0.15, -0.1) is 0 Å². The minimum Gasteiger partial charge on any atom is -0.457 e. The average Bonchev–Trinajstić information content (AvgIpc) is 2.16. The molecule has 0 atom stereocenters. The van der Waals surface area contributed by atoms with Crippen molar-refractivity contribution in [1.29, 1.82) is 0 Å². The summed E-state index contributed by atoms with van der Waals surface area (Å²) >= 11 is 0. The van der Waals surface area contributed by atoms with Gasteiger partial charge in [0.1, 0.15) is 11.5 Å². The Morgan fingerprint density at radius 1 is 1.21 bits per heavy atom. The van der Waals surface area contributed by atoms with Crippen molar-refractivity contribution >= 4 is 6.08 Å². The molecule has 1 heteroatoms. The molecule has 0 radical (unpaired) electrons. The fraction of sp³-hybridized carbons (Fsp3) is 0.231. The third kappa shape index (κ3) is 1.46. The van der Waals surface area contributed by atoms with Crippen LogP contribution in [0.5, 0.6) is 5.75 Å². The first-order valence-corrected chi connectivity index (χ1v) is 4.86. The highest BCUT2D eigenvalue weighted by atomic mass is 16.5. The summed E-state index contributed by atoms with van der Waals surface area (Å²) in [5, 5.41) is 0. The van der Waals surface area contributed by atoms with Gasteiger partial charge in [-0.25, -0.2) is 0 Å². The van der Waals surface area contributed by atoms with E-state index >= 15 is 0 Å². The van der Waals surface area contributed by atoms with Gasteiger partial charge in [-0.05, 0) is 23.6 Å². The Balaban J connectivity index is 2.49. The molecule has 0 fully saturated rings.